The summed E-state index contributed by atoms with van der Waals surface area (Å²) in [5.41, 5.74) is 3.14. The summed E-state index contributed by atoms with van der Waals surface area (Å²) in [4.78, 5) is 26.8. The standard InChI is InChI=1S/C21H21N3O3S/c1-14-3-4-15(2)19(9-14)27-11-20(25)24-13-28-12-18(24)21(26)23-17-7-5-16(10-22)6-8-17/h3-9,18H,11-13H2,1-2H3,(H,23,26). The Hall–Kier alpha value is -2.98. The van der Waals surface area contributed by atoms with Crippen molar-refractivity contribution in [1.82, 2.24) is 4.90 Å². The van der Waals surface area contributed by atoms with E-state index < -0.39 is 6.04 Å². The fraction of sp³-hybridized carbons (Fsp3) is 0.286. The summed E-state index contributed by atoms with van der Waals surface area (Å²) in [5, 5.41) is 11.7. The minimum Gasteiger partial charge on any atom is -0.483 e. The second kappa shape index (κ2) is 8.81. The largest absolute Gasteiger partial charge is 0.483 e. The van der Waals surface area contributed by atoms with Gasteiger partial charge in [-0.3, -0.25) is 9.59 Å². The van der Waals surface area contributed by atoms with Crippen molar-refractivity contribution in [3.05, 3.63) is 59.2 Å². The van der Waals surface area contributed by atoms with Crippen LogP contribution >= 0.6 is 11.8 Å². The van der Waals surface area contributed by atoms with E-state index in [1.807, 2.05) is 38.1 Å². The van der Waals surface area contributed by atoms with E-state index in [-0.39, 0.29) is 18.4 Å². The first-order chi connectivity index (χ1) is 13.5. The maximum atomic E-state index is 12.6. The first kappa shape index (κ1) is 19.8. The Kier molecular flexibility index (Phi) is 6.22. The average molecular weight is 395 g/mol. The minimum absolute atomic E-state index is 0.106. The van der Waals surface area contributed by atoms with Crippen molar-refractivity contribution in [2.75, 3.05) is 23.6 Å². The summed E-state index contributed by atoms with van der Waals surface area (Å²) < 4.78 is 5.70. The lowest BCUT2D eigenvalue weighted by atomic mass is 10.1. The highest BCUT2D eigenvalue weighted by Gasteiger charge is 2.34. The smallest absolute Gasteiger partial charge is 0.261 e. The molecule has 1 unspecified atom stereocenters. The Bertz CT molecular complexity index is 921. The lowest BCUT2D eigenvalue weighted by Crippen LogP contribution is -2.46. The van der Waals surface area contributed by atoms with Crippen LogP contribution in [0.3, 0.4) is 0 Å². The molecule has 0 aromatic heterocycles. The van der Waals surface area contributed by atoms with E-state index in [4.69, 9.17) is 10.00 Å². The maximum Gasteiger partial charge on any atom is 0.261 e. The molecular weight excluding hydrogens is 374 g/mol. The SMILES string of the molecule is Cc1ccc(C)c(OCC(=O)N2CSCC2C(=O)Nc2ccc(C#N)cc2)c1. The van der Waals surface area contributed by atoms with Crippen molar-refractivity contribution in [2.45, 2.75) is 19.9 Å². The van der Waals surface area contributed by atoms with Gasteiger partial charge in [-0.15, -0.1) is 11.8 Å². The average Bonchev–Trinajstić information content (AvgIpc) is 3.19. The van der Waals surface area contributed by atoms with Crippen LogP contribution in [-0.2, 0) is 9.59 Å². The van der Waals surface area contributed by atoms with Gasteiger partial charge < -0.3 is 15.0 Å². The van der Waals surface area contributed by atoms with Gasteiger partial charge in [0.25, 0.3) is 5.91 Å². The molecule has 2 aromatic rings. The van der Waals surface area contributed by atoms with Gasteiger partial charge in [0.15, 0.2) is 6.61 Å². The zero-order valence-corrected chi connectivity index (χ0v) is 16.6. The second-order valence-electron chi connectivity index (χ2n) is 6.62. The predicted octanol–water partition coefficient (Wildman–Crippen LogP) is 3.09. The zero-order valence-electron chi connectivity index (χ0n) is 15.8. The number of amides is 2. The molecule has 6 nitrogen and oxygen atoms in total. The summed E-state index contributed by atoms with van der Waals surface area (Å²) in [7, 11) is 0. The van der Waals surface area contributed by atoms with Crippen LogP contribution in [0.5, 0.6) is 5.75 Å². The van der Waals surface area contributed by atoms with Gasteiger partial charge in [-0.1, -0.05) is 12.1 Å². The van der Waals surface area contributed by atoms with Gasteiger partial charge in [-0.05, 0) is 55.3 Å². The number of aryl methyl sites for hydroxylation is 2. The van der Waals surface area contributed by atoms with Crippen LogP contribution in [-0.4, -0.2) is 41.0 Å². The normalized spacial score (nSPS) is 15.8. The van der Waals surface area contributed by atoms with Gasteiger partial charge in [0.05, 0.1) is 17.5 Å². The molecule has 2 amide bonds. The van der Waals surface area contributed by atoms with Gasteiger partial charge >= 0.3 is 0 Å². The molecule has 144 valence electrons. The van der Waals surface area contributed by atoms with Crippen molar-refractivity contribution in [2.24, 2.45) is 0 Å². The van der Waals surface area contributed by atoms with Gasteiger partial charge in [0.2, 0.25) is 5.91 Å². The Morgan fingerprint density at radius 2 is 2.00 bits per heavy atom. The molecule has 0 aliphatic carbocycles. The molecule has 0 spiro atoms. The van der Waals surface area contributed by atoms with Crippen molar-refractivity contribution >= 4 is 29.3 Å². The number of thioether (sulfide) groups is 1. The van der Waals surface area contributed by atoms with E-state index in [1.165, 1.54) is 11.8 Å². The van der Waals surface area contributed by atoms with Crippen LogP contribution in [0.1, 0.15) is 16.7 Å². The third kappa shape index (κ3) is 4.65. The number of carbonyl (C=O) groups excluding carboxylic acids is 2. The predicted molar refractivity (Wildman–Crippen MR) is 109 cm³/mol. The number of anilines is 1. The number of ether oxygens (including phenoxy) is 1. The van der Waals surface area contributed by atoms with Crippen molar-refractivity contribution < 1.29 is 14.3 Å². The van der Waals surface area contributed by atoms with E-state index in [0.717, 1.165) is 11.1 Å². The van der Waals surface area contributed by atoms with Crippen molar-refractivity contribution in [1.29, 1.82) is 5.26 Å². The Labute approximate surface area is 168 Å². The van der Waals surface area contributed by atoms with Crippen LogP contribution in [0.15, 0.2) is 42.5 Å². The molecule has 1 heterocycles. The fourth-order valence-electron chi connectivity index (χ4n) is 2.84. The van der Waals surface area contributed by atoms with Crippen LogP contribution in [0.2, 0.25) is 0 Å². The molecule has 0 saturated carbocycles. The number of nitrogens with one attached hydrogen (secondary N) is 1. The summed E-state index contributed by atoms with van der Waals surface area (Å²) in [6.45, 7) is 3.79. The third-order valence-corrected chi connectivity index (χ3v) is 5.49. The van der Waals surface area contributed by atoms with E-state index in [9.17, 15) is 9.59 Å². The van der Waals surface area contributed by atoms with Crippen LogP contribution in [0.25, 0.3) is 0 Å². The van der Waals surface area contributed by atoms with Crippen molar-refractivity contribution in [3.63, 3.8) is 0 Å². The van der Waals surface area contributed by atoms with E-state index >= 15 is 0 Å². The second-order valence-corrected chi connectivity index (χ2v) is 7.62. The molecule has 0 bridgehead atoms. The summed E-state index contributed by atoms with van der Waals surface area (Å²) in [6.07, 6.45) is 0. The number of nitriles is 1. The number of hydrogen-bond acceptors (Lipinski definition) is 5. The van der Waals surface area contributed by atoms with Crippen LogP contribution < -0.4 is 10.1 Å². The molecule has 2 aromatic carbocycles. The molecule has 1 aliphatic rings. The number of benzene rings is 2. The van der Waals surface area contributed by atoms with E-state index in [0.29, 0.717) is 28.6 Å². The number of nitrogens with zero attached hydrogens (tertiary/aromatic N) is 2. The molecule has 7 heteroatoms. The lowest BCUT2D eigenvalue weighted by molar-refractivity contribution is -0.137. The summed E-state index contributed by atoms with van der Waals surface area (Å²) in [5.74, 6) is 1.22. The molecular formula is C21H21N3O3S. The Balaban J connectivity index is 1.61. The van der Waals surface area contributed by atoms with Crippen molar-refractivity contribution in [3.8, 4) is 11.8 Å². The molecule has 28 heavy (non-hydrogen) atoms. The van der Waals surface area contributed by atoms with Crippen LogP contribution in [0.4, 0.5) is 5.69 Å². The molecule has 1 N–H and O–H groups in total. The maximum absolute atomic E-state index is 12.6. The fourth-order valence-corrected chi connectivity index (χ4v) is 4.03. The molecule has 1 aliphatic heterocycles. The highest BCUT2D eigenvalue weighted by molar-refractivity contribution is 7.99. The van der Waals surface area contributed by atoms with E-state index in [2.05, 4.69) is 5.32 Å². The van der Waals surface area contributed by atoms with Gasteiger partial charge in [0.1, 0.15) is 11.8 Å². The van der Waals surface area contributed by atoms with Gasteiger partial charge in [-0.2, -0.15) is 5.26 Å². The summed E-state index contributed by atoms with van der Waals surface area (Å²) in [6, 6.07) is 14.0. The summed E-state index contributed by atoms with van der Waals surface area (Å²) >= 11 is 1.54. The number of rotatable bonds is 5. The molecule has 1 fully saturated rings. The quantitative estimate of drug-likeness (QED) is 0.841. The third-order valence-electron chi connectivity index (χ3n) is 4.48. The van der Waals surface area contributed by atoms with E-state index in [1.54, 1.807) is 29.2 Å². The zero-order chi connectivity index (χ0) is 20.1. The number of hydrogen-bond donors (Lipinski definition) is 1. The lowest BCUT2D eigenvalue weighted by Gasteiger charge is -2.23. The molecule has 3 rings (SSSR count). The first-order valence-electron chi connectivity index (χ1n) is 8.86. The Morgan fingerprint density at radius 3 is 2.71 bits per heavy atom. The molecule has 1 saturated heterocycles. The minimum atomic E-state index is -0.546. The highest BCUT2D eigenvalue weighted by Crippen LogP contribution is 2.24. The molecule has 1 atom stereocenters. The van der Waals surface area contributed by atoms with Crippen LogP contribution in [0, 0.1) is 25.2 Å². The monoisotopic (exact) mass is 395 g/mol. The topological polar surface area (TPSA) is 82.4 Å². The number of carbonyl (C=O) groups is 2. The first-order valence-corrected chi connectivity index (χ1v) is 10.0. The van der Waals surface area contributed by atoms with Gasteiger partial charge in [0, 0.05) is 11.4 Å². The highest BCUT2D eigenvalue weighted by atomic mass is 32.2. The Morgan fingerprint density at radius 1 is 1.25 bits per heavy atom. The van der Waals surface area contributed by atoms with Gasteiger partial charge in [-0.25, -0.2) is 0 Å². The molecule has 0 radical (unpaired) electrons.